The summed E-state index contributed by atoms with van der Waals surface area (Å²) < 4.78 is 2.53. The van der Waals surface area contributed by atoms with Gasteiger partial charge in [-0.1, -0.05) is 44.2 Å². The Morgan fingerprint density at radius 3 is 2.79 bits per heavy atom. The SMILES string of the molecule is CCNC(=O)Nc1sc2ccccc2c1C(=O)C1CNCCC12N=C(Cn1cc(C(C)(C)C)nn1)NC2=O. The van der Waals surface area contributed by atoms with Crippen LogP contribution < -0.4 is 21.3 Å². The first kappa shape index (κ1) is 26.0. The van der Waals surface area contributed by atoms with E-state index in [0.717, 1.165) is 15.8 Å². The molecule has 4 N–H and O–H groups in total. The number of urea groups is 1. The minimum atomic E-state index is -1.24. The smallest absolute Gasteiger partial charge is 0.319 e. The molecule has 5 rings (SSSR count). The van der Waals surface area contributed by atoms with Crippen LogP contribution in [-0.2, 0) is 16.8 Å². The summed E-state index contributed by atoms with van der Waals surface area (Å²) >= 11 is 1.34. The fraction of sp³-hybridized carbons (Fsp3) is 0.462. The number of aromatic nitrogens is 3. The highest BCUT2D eigenvalue weighted by Gasteiger charge is 2.54. The zero-order valence-electron chi connectivity index (χ0n) is 21.9. The molecule has 200 valence electrons. The molecule has 1 spiro atoms. The second kappa shape index (κ2) is 9.91. The largest absolute Gasteiger partial charge is 0.338 e. The Morgan fingerprint density at radius 2 is 2.05 bits per heavy atom. The zero-order chi connectivity index (χ0) is 27.1. The molecular weight excluding hydrogens is 504 g/mol. The maximum Gasteiger partial charge on any atom is 0.319 e. The van der Waals surface area contributed by atoms with Gasteiger partial charge in [-0.3, -0.25) is 19.9 Å². The lowest BCUT2D eigenvalue weighted by atomic mass is 9.74. The molecule has 0 saturated carbocycles. The van der Waals surface area contributed by atoms with Gasteiger partial charge in [0.1, 0.15) is 17.4 Å². The van der Waals surface area contributed by atoms with E-state index in [4.69, 9.17) is 4.99 Å². The number of nitrogens with one attached hydrogen (secondary N) is 4. The van der Waals surface area contributed by atoms with Crippen LogP contribution in [0.15, 0.2) is 35.5 Å². The van der Waals surface area contributed by atoms with Crippen molar-refractivity contribution >= 4 is 50.0 Å². The van der Waals surface area contributed by atoms with Crippen LogP contribution in [0.25, 0.3) is 10.1 Å². The predicted octanol–water partition coefficient (Wildman–Crippen LogP) is 2.69. The topological polar surface area (TPSA) is 142 Å². The standard InChI is InChI=1S/C26H32N8O3S/c1-5-28-24(37)30-22-20(15-8-6-7-9-17(15)38-22)21(35)16-12-27-11-10-26(16)23(36)29-19(31-26)14-34-13-18(32-33-34)25(2,3)4/h6-9,13,16,27H,5,10-12,14H2,1-4H3,(H2,28,30,37)(H,29,31,36). The lowest BCUT2D eigenvalue weighted by molar-refractivity contribution is -0.125. The number of ketones is 1. The number of carbonyl (C=O) groups is 3. The summed E-state index contributed by atoms with van der Waals surface area (Å²) in [4.78, 5) is 45.0. The quantitative estimate of drug-likeness (QED) is 0.357. The van der Waals surface area contributed by atoms with E-state index in [0.29, 0.717) is 42.5 Å². The number of hydrogen-bond donors (Lipinski definition) is 4. The average molecular weight is 537 g/mol. The molecule has 0 radical (unpaired) electrons. The summed E-state index contributed by atoms with van der Waals surface area (Å²) in [5.74, 6) is -0.808. The summed E-state index contributed by atoms with van der Waals surface area (Å²) in [6, 6.07) is 7.15. The first-order chi connectivity index (χ1) is 18.1. The van der Waals surface area contributed by atoms with Crippen molar-refractivity contribution in [3.8, 4) is 0 Å². The van der Waals surface area contributed by atoms with Crippen molar-refractivity contribution in [3.63, 3.8) is 0 Å². The van der Waals surface area contributed by atoms with Crippen molar-refractivity contribution in [2.45, 2.75) is 51.6 Å². The first-order valence-electron chi connectivity index (χ1n) is 12.7. The molecule has 1 fully saturated rings. The van der Waals surface area contributed by atoms with Gasteiger partial charge in [0.2, 0.25) is 0 Å². The number of nitrogens with zero attached hydrogens (tertiary/aromatic N) is 4. The Hall–Kier alpha value is -3.64. The van der Waals surface area contributed by atoms with E-state index in [9.17, 15) is 14.4 Å². The van der Waals surface area contributed by atoms with E-state index >= 15 is 0 Å². The molecule has 3 aromatic rings. The highest BCUT2D eigenvalue weighted by molar-refractivity contribution is 7.23. The van der Waals surface area contributed by atoms with Crippen LogP contribution >= 0.6 is 11.3 Å². The monoisotopic (exact) mass is 536 g/mol. The van der Waals surface area contributed by atoms with Crippen molar-refractivity contribution in [3.05, 3.63) is 41.7 Å². The zero-order valence-corrected chi connectivity index (χ0v) is 22.7. The number of Topliss-reactive ketones (excluding diaryl/α,β-unsaturated/α-hetero) is 1. The Labute approximate surface area is 224 Å². The highest BCUT2D eigenvalue weighted by atomic mass is 32.1. The minimum Gasteiger partial charge on any atom is -0.338 e. The summed E-state index contributed by atoms with van der Waals surface area (Å²) in [6.45, 7) is 9.54. The van der Waals surface area contributed by atoms with Gasteiger partial charge >= 0.3 is 6.03 Å². The second-order valence-corrected chi connectivity index (χ2v) is 11.7. The number of rotatable bonds is 6. The average Bonchev–Trinajstić information content (AvgIpc) is 3.55. The number of benzene rings is 1. The van der Waals surface area contributed by atoms with Crippen molar-refractivity contribution in [2.24, 2.45) is 10.9 Å². The van der Waals surface area contributed by atoms with Gasteiger partial charge in [0.25, 0.3) is 5.91 Å². The number of anilines is 1. The fourth-order valence-electron chi connectivity index (χ4n) is 4.95. The molecule has 2 atom stereocenters. The lowest BCUT2D eigenvalue weighted by Crippen LogP contribution is -2.57. The molecule has 2 unspecified atom stereocenters. The van der Waals surface area contributed by atoms with Gasteiger partial charge in [-0.15, -0.1) is 16.4 Å². The van der Waals surface area contributed by atoms with Crippen LogP contribution in [0.5, 0.6) is 0 Å². The van der Waals surface area contributed by atoms with E-state index in [2.05, 4.69) is 52.4 Å². The van der Waals surface area contributed by atoms with Crippen LogP contribution in [0.4, 0.5) is 9.80 Å². The van der Waals surface area contributed by atoms with Gasteiger partial charge in [-0.05, 0) is 26.0 Å². The van der Waals surface area contributed by atoms with E-state index < -0.39 is 11.5 Å². The Bertz CT molecular complexity index is 1440. The van der Waals surface area contributed by atoms with Gasteiger partial charge in [-0.2, -0.15) is 0 Å². The number of fused-ring (bicyclic) bond motifs is 1. The number of aliphatic imine (C=N–C) groups is 1. The molecule has 0 bridgehead atoms. The minimum absolute atomic E-state index is 0.157. The van der Waals surface area contributed by atoms with Gasteiger partial charge in [0, 0.05) is 34.8 Å². The van der Waals surface area contributed by atoms with E-state index in [1.165, 1.54) is 11.3 Å². The van der Waals surface area contributed by atoms with Gasteiger partial charge in [0.05, 0.1) is 17.2 Å². The molecule has 2 aliphatic heterocycles. The number of hydrogen-bond acceptors (Lipinski definition) is 8. The van der Waals surface area contributed by atoms with E-state index in [1.807, 2.05) is 37.4 Å². The number of thiophene rings is 1. The fourth-order valence-corrected chi connectivity index (χ4v) is 6.05. The number of piperidine rings is 1. The Morgan fingerprint density at radius 1 is 1.26 bits per heavy atom. The third kappa shape index (κ3) is 4.69. The maximum absolute atomic E-state index is 14.2. The summed E-state index contributed by atoms with van der Waals surface area (Å²) in [6.07, 6.45) is 2.23. The summed E-state index contributed by atoms with van der Waals surface area (Å²) in [7, 11) is 0. The van der Waals surface area contributed by atoms with Crippen molar-refractivity contribution < 1.29 is 14.4 Å². The van der Waals surface area contributed by atoms with Crippen LogP contribution in [0, 0.1) is 5.92 Å². The molecule has 12 heteroatoms. The molecule has 2 aromatic heterocycles. The number of carbonyl (C=O) groups excluding carboxylic acids is 3. The number of amides is 3. The Balaban J connectivity index is 1.49. The van der Waals surface area contributed by atoms with E-state index in [1.54, 1.807) is 4.68 Å². The molecule has 3 amide bonds. The van der Waals surface area contributed by atoms with E-state index in [-0.39, 0.29) is 29.7 Å². The predicted molar refractivity (Wildman–Crippen MR) is 147 cm³/mol. The number of amidine groups is 1. The molecule has 11 nitrogen and oxygen atoms in total. The summed E-state index contributed by atoms with van der Waals surface area (Å²) in [5, 5.41) is 21.4. The third-order valence-corrected chi connectivity index (χ3v) is 8.02. The lowest BCUT2D eigenvalue weighted by Gasteiger charge is -2.36. The molecule has 4 heterocycles. The summed E-state index contributed by atoms with van der Waals surface area (Å²) in [5.41, 5.74) is -0.150. The van der Waals surface area contributed by atoms with Gasteiger partial charge in [-0.25, -0.2) is 9.48 Å². The molecule has 0 aliphatic carbocycles. The molecule has 2 aliphatic rings. The molecule has 1 aromatic carbocycles. The maximum atomic E-state index is 14.2. The molecule has 1 saturated heterocycles. The van der Waals surface area contributed by atoms with Crippen molar-refractivity contribution in [2.75, 3.05) is 25.0 Å². The first-order valence-corrected chi connectivity index (χ1v) is 13.6. The second-order valence-electron chi connectivity index (χ2n) is 10.6. The van der Waals surface area contributed by atoms with Crippen LogP contribution in [-0.4, -0.2) is 63.7 Å². The third-order valence-electron chi connectivity index (χ3n) is 6.93. The van der Waals surface area contributed by atoms with Crippen molar-refractivity contribution in [1.29, 1.82) is 0 Å². The van der Waals surface area contributed by atoms with Crippen LogP contribution in [0.3, 0.4) is 0 Å². The normalized spacial score (nSPS) is 21.4. The van der Waals surface area contributed by atoms with Gasteiger partial charge in [0.15, 0.2) is 11.3 Å². The Kier molecular flexibility index (Phi) is 6.78. The molecular formula is C26H32N8O3S. The van der Waals surface area contributed by atoms with Crippen LogP contribution in [0.2, 0.25) is 0 Å². The van der Waals surface area contributed by atoms with Crippen LogP contribution in [0.1, 0.15) is 50.2 Å². The molecule has 38 heavy (non-hydrogen) atoms. The van der Waals surface area contributed by atoms with Gasteiger partial charge < -0.3 is 16.0 Å². The van der Waals surface area contributed by atoms with Crippen molar-refractivity contribution in [1.82, 2.24) is 30.9 Å². The highest BCUT2D eigenvalue weighted by Crippen LogP contribution is 2.41.